The van der Waals surface area contributed by atoms with Crippen LogP contribution in [0.3, 0.4) is 0 Å². The van der Waals surface area contributed by atoms with Crippen molar-refractivity contribution >= 4 is 32.4 Å². The number of hydroxylamine groups is 1. The average Bonchev–Trinajstić information content (AvgIpc) is 3.21. The van der Waals surface area contributed by atoms with Gasteiger partial charge in [0, 0.05) is 36.8 Å². The predicted octanol–water partition coefficient (Wildman–Crippen LogP) is 2.60. The van der Waals surface area contributed by atoms with E-state index in [1.165, 1.54) is 17.4 Å². The van der Waals surface area contributed by atoms with Crippen molar-refractivity contribution in [2.45, 2.75) is 17.5 Å². The first kappa shape index (κ1) is 22.2. The molecule has 13 heteroatoms. The van der Waals surface area contributed by atoms with E-state index in [9.17, 15) is 26.4 Å². The van der Waals surface area contributed by atoms with Crippen molar-refractivity contribution in [3.63, 3.8) is 0 Å². The van der Waals surface area contributed by atoms with Gasteiger partial charge in [-0.2, -0.15) is 17.5 Å². The molecule has 2 heterocycles. The molecule has 0 spiro atoms. The monoisotopic (exact) mass is 462 g/mol. The van der Waals surface area contributed by atoms with Crippen molar-refractivity contribution in [3.8, 4) is 0 Å². The molecule has 2 aromatic rings. The number of benzene rings is 1. The molecule has 0 bridgehead atoms. The summed E-state index contributed by atoms with van der Waals surface area (Å²) in [5, 5.41) is 4.69. The van der Waals surface area contributed by atoms with Crippen LogP contribution < -0.4 is 10.8 Å². The lowest BCUT2D eigenvalue weighted by atomic mass is 10.2. The molecule has 0 unspecified atom stereocenters. The molecule has 0 fully saturated rings. The van der Waals surface area contributed by atoms with Gasteiger partial charge in [0.1, 0.15) is 0 Å². The maximum Gasteiger partial charge on any atom is 0.416 e. The Bertz CT molecular complexity index is 1020. The molecular weight excluding hydrogens is 445 g/mol. The van der Waals surface area contributed by atoms with Crippen LogP contribution in [0.15, 0.2) is 52.5 Å². The minimum atomic E-state index is -4.63. The fourth-order valence-corrected chi connectivity index (χ4v) is 4.55. The van der Waals surface area contributed by atoms with Crippen LogP contribution in [0.5, 0.6) is 0 Å². The highest BCUT2D eigenvalue weighted by Crippen LogP contribution is 2.31. The Morgan fingerprint density at radius 3 is 2.77 bits per heavy atom. The maximum atomic E-state index is 12.9. The van der Waals surface area contributed by atoms with Gasteiger partial charge < -0.3 is 0 Å². The first-order valence-electron chi connectivity index (χ1n) is 8.60. The van der Waals surface area contributed by atoms with Crippen molar-refractivity contribution in [1.29, 1.82) is 0 Å². The summed E-state index contributed by atoms with van der Waals surface area (Å²) in [6, 6.07) is 3.63. The fraction of sp³-hybridized carbons (Fsp3) is 0.294. The molecule has 8 nitrogen and oxygen atoms in total. The molecule has 1 aliphatic rings. The van der Waals surface area contributed by atoms with E-state index in [0.717, 1.165) is 22.5 Å². The number of rotatable bonds is 7. The Hall–Kier alpha value is -2.48. The smallest absolute Gasteiger partial charge is 0.300 e. The number of anilines is 1. The van der Waals surface area contributed by atoms with E-state index in [-0.39, 0.29) is 26.1 Å². The lowest BCUT2D eigenvalue weighted by Gasteiger charge is -2.26. The van der Waals surface area contributed by atoms with Crippen LogP contribution in [0.4, 0.5) is 18.3 Å². The number of amides is 1. The molecular formula is C17H17F3N4O4S2. The van der Waals surface area contributed by atoms with Crippen LogP contribution in [0.2, 0.25) is 0 Å². The van der Waals surface area contributed by atoms with Gasteiger partial charge in [-0.05, 0) is 24.3 Å². The van der Waals surface area contributed by atoms with E-state index in [4.69, 9.17) is 4.84 Å². The molecule has 1 aromatic heterocycles. The molecule has 1 amide bonds. The van der Waals surface area contributed by atoms with Gasteiger partial charge in [-0.25, -0.2) is 13.4 Å². The largest absolute Gasteiger partial charge is 0.416 e. The third kappa shape index (κ3) is 5.56. The summed E-state index contributed by atoms with van der Waals surface area (Å²) in [4.78, 5) is 20.3. The van der Waals surface area contributed by atoms with Crippen molar-refractivity contribution in [1.82, 2.24) is 14.8 Å². The zero-order valence-electron chi connectivity index (χ0n) is 15.3. The third-order valence-electron chi connectivity index (χ3n) is 4.06. The van der Waals surface area contributed by atoms with Gasteiger partial charge in [0.05, 0.1) is 10.5 Å². The minimum Gasteiger partial charge on any atom is -0.300 e. The van der Waals surface area contributed by atoms with Crippen molar-refractivity contribution in [2.24, 2.45) is 0 Å². The number of sulfonamides is 1. The predicted molar refractivity (Wildman–Crippen MR) is 103 cm³/mol. The standard InChI is InChI=1S/C17H17F3N4O4S2/c18-17(19,20)12-2-1-3-14(10-12)30(26,27)24-7-4-13(5-8-24)23-28-11-15(25)22-16-21-6-9-29-16/h1-4,6,9-10,23H,5,7-8,11H2,(H,21,22,25). The molecule has 162 valence electrons. The highest BCUT2D eigenvalue weighted by molar-refractivity contribution is 7.89. The Morgan fingerprint density at radius 1 is 1.33 bits per heavy atom. The average molecular weight is 462 g/mol. The van der Waals surface area contributed by atoms with Gasteiger partial charge in [0.2, 0.25) is 10.0 Å². The number of halogens is 3. The molecule has 30 heavy (non-hydrogen) atoms. The highest BCUT2D eigenvalue weighted by atomic mass is 32.2. The van der Waals surface area contributed by atoms with E-state index >= 15 is 0 Å². The third-order valence-corrected chi connectivity index (χ3v) is 6.61. The quantitative estimate of drug-likeness (QED) is 0.614. The van der Waals surface area contributed by atoms with Gasteiger partial charge in [-0.1, -0.05) is 6.07 Å². The van der Waals surface area contributed by atoms with Gasteiger partial charge in [-0.3, -0.25) is 20.4 Å². The molecule has 1 aromatic carbocycles. The second-order valence-corrected chi connectivity index (χ2v) is 8.98. The van der Waals surface area contributed by atoms with Crippen molar-refractivity contribution < 1.29 is 31.2 Å². The lowest BCUT2D eigenvalue weighted by Crippen LogP contribution is -2.37. The summed E-state index contributed by atoms with van der Waals surface area (Å²) in [5.41, 5.74) is 2.12. The molecule has 1 aliphatic heterocycles. The van der Waals surface area contributed by atoms with Crippen LogP contribution in [-0.2, 0) is 25.8 Å². The van der Waals surface area contributed by atoms with Crippen molar-refractivity contribution in [3.05, 3.63) is 53.2 Å². The molecule has 0 atom stereocenters. The maximum absolute atomic E-state index is 12.9. The van der Waals surface area contributed by atoms with Crippen LogP contribution in [0.25, 0.3) is 0 Å². The van der Waals surface area contributed by atoms with Gasteiger partial charge in [-0.15, -0.1) is 11.3 Å². The zero-order valence-corrected chi connectivity index (χ0v) is 17.0. The summed E-state index contributed by atoms with van der Waals surface area (Å²) in [5.74, 6) is -0.414. The summed E-state index contributed by atoms with van der Waals surface area (Å²) in [7, 11) is -4.08. The Labute approximate surface area is 174 Å². The van der Waals surface area contributed by atoms with E-state index in [2.05, 4.69) is 15.8 Å². The number of nitrogens with zero attached hydrogens (tertiary/aromatic N) is 2. The first-order chi connectivity index (χ1) is 14.2. The number of hydrogen-bond acceptors (Lipinski definition) is 7. The van der Waals surface area contributed by atoms with Crippen LogP contribution in [0.1, 0.15) is 12.0 Å². The molecule has 0 aliphatic carbocycles. The summed E-state index contributed by atoms with van der Waals surface area (Å²) >= 11 is 1.26. The Morgan fingerprint density at radius 2 is 2.13 bits per heavy atom. The zero-order chi connectivity index (χ0) is 21.8. The second kappa shape index (κ2) is 9.12. The molecule has 0 saturated carbocycles. The number of nitrogens with one attached hydrogen (secondary N) is 2. The molecule has 2 N–H and O–H groups in total. The summed E-state index contributed by atoms with van der Waals surface area (Å²) < 4.78 is 64.9. The number of thiazole rings is 1. The minimum absolute atomic E-state index is 0.0460. The summed E-state index contributed by atoms with van der Waals surface area (Å²) in [6.07, 6.45) is -1.31. The lowest BCUT2D eigenvalue weighted by molar-refractivity contribution is -0.137. The molecule has 0 radical (unpaired) electrons. The van der Waals surface area contributed by atoms with E-state index in [1.54, 1.807) is 11.6 Å². The van der Waals surface area contributed by atoms with E-state index < -0.39 is 32.6 Å². The SMILES string of the molecule is O=C(CONC1=CCN(S(=O)(=O)c2cccc(C(F)(F)F)c2)CC1)Nc1nccs1. The second-order valence-electron chi connectivity index (χ2n) is 6.14. The number of aromatic nitrogens is 1. The van der Waals surface area contributed by atoms with Crippen molar-refractivity contribution in [2.75, 3.05) is 25.0 Å². The number of carbonyl (C=O) groups is 1. The van der Waals surface area contributed by atoms with E-state index in [1.807, 2.05) is 0 Å². The fourth-order valence-electron chi connectivity index (χ4n) is 2.58. The van der Waals surface area contributed by atoms with Crippen LogP contribution >= 0.6 is 11.3 Å². The van der Waals surface area contributed by atoms with Crippen LogP contribution in [0, 0.1) is 0 Å². The first-order valence-corrected chi connectivity index (χ1v) is 10.9. The molecule has 0 saturated heterocycles. The van der Waals surface area contributed by atoms with Gasteiger partial charge in [0.15, 0.2) is 11.7 Å². The number of carbonyl (C=O) groups excluding carboxylic acids is 1. The molecule has 3 rings (SSSR count). The normalized spacial score (nSPS) is 15.5. The topological polar surface area (TPSA) is 101 Å². The number of hydrogen-bond donors (Lipinski definition) is 2. The number of alkyl halides is 3. The highest BCUT2D eigenvalue weighted by Gasteiger charge is 2.33. The Balaban J connectivity index is 1.54. The van der Waals surface area contributed by atoms with Crippen LogP contribution in [-0.4, -0.2) is 43.3 Å². The Kier molecular flexibility index (Phi) is 6.75. The van der Waals surface area contributed by atoms with Gasteiger partial charge >= 0.3 is 6.18 Å². The van der Waals surface area contributed by atoms with E-state index in [0.29, 0.717) is 16.9 Å². The summed E-state index contributed by atoms with van der Waals surface area (Å²) in [6.45, 7) is -0.287. The van der Waals surface area contributed by atoms with Gasteiger partial charge in [0.25, 0.3) is 5.91 Å².